The van der Waals surface area contributed by atoms with Gasteiger partial charge in [0.05, 0.1) is 3.57 Å². The second kappa shape index (κ2) is 5.48. The molecular weight excluding hydrogens is 373 g/mol. The Morgan fingerprint density at radius 1 is 1.42 bits per heavy atom. The summed E-state index contributed by atoms with van der Waals surface area (Å²) in [5.41, 5.74) is 1.04. The fraction of sp³-hybridized carbons (Fsp3) is 0.154. The van der Waals surface area contributed by atoms with Gasteiger partial charge in [-0.2, -0.15) is 4.98 Å². The molecule has 0 unspecified atom stereocenters. The van der Waals surface area contributed by atoms with E-state index in [-0.39, 0.29) is 0 Å². The van der Waals surface area contributed by atoms with Gasteiger partial charge >= 0.3 is 0 Å². The summed E-state index contributed by atoms with van der Waals surface area (Å²) < 4.78 is 9.10. The van der Waals surface area contributed by atoms with Gasteiger partial charge in [-0.25, -0.2) is 0 Å². The highest BCUT2D eigenvalue weighted by molar-refractivity contribution is 14.1. The van der Waals surface area contributed by atoms with Crippen molar-refractivity contribution in [2.45, 2.75) is 6.54 Å². The third kappa shape index (κ3) is 2.47. The molecule has 2 heterocycles. The molecule has 1 N–H and O–H groups in total. The van der Waals surface area contributed by atoms with Crippen LogP contribution in [0.25, 0.3) is 4.96 Å². The number of thiazole rings is 1. The summed E-state index contributed by atoms with van der Waals surface area (Å²) in [5, 5.41) is 5.18. The van der Waals surface area contributed by atoms with Gasteiger partial charge in [0.15, 0.2) is 4.96 Å². The van der Waals surface area contributed by atoms with E-state index in [9.17, 15) is 0 Å². The van der Waals surface area contributed by atoms with Gasteiger partial charge in [-0.15, -0.1) is 11.3 Å². The zero-order chi connectivity index (χ0) is 13.2. The molecule has 0 bridgehead atoms. The first-order valence-corrected chi connectivity index (χ1v) is 7.77. The van der Waals surface area contributed by atoms with Crippen molar-refractivity contribution in [3.8, 4) is 11.6 Å². The quantitative estimate of drug-likeness (QED) is 0.699. The number of para-hydroxylation sites is 1. The number of nitrogens with zero attached hydrogens (tertiary/aromatic N) is 2. The molecule has 6 heteroatoms. The molecule has 4 nitrogen and oxygen atoms in total. The summed E-state index contributed by atoms with van der Waals surface area (Å²) in [6.07, 6.45) is 2.02. The van der Waals surface area contributed by atoms with E-state index >= 15 is 0 Å². The second-order valence-electron chi connectivity index (χ2n) is 3.98. The number of rotatable bonds is 4. The molecule has 0 aliphatic rings. The van der Waals surface area contributed by atoms with E-state index in [0.29, 0.717) is 5.88 Å². The van der Waals surface area contributed by atoms with Crippen LogP contribution in [0.3, 0.4) is 0 Å². The van der Waals surface area contributed by atoms with E-state index < -0.39 is 0 Å². The minimum Gasteiger partial charge on any atom is -0.436 e. The van der Waals surface area contributed by atoms with Crippen molar-refractivity contribution in [1.82, 2.24) is 14.7 Å². The fourth-order valence-electron chi connectivity index (χ4n) is 1.85. The SMILES string of the molecule is CNCc1c(Oc2ccccc2I)nc2sccn12. The van der Waals surface area contributed by atoms with Crippen LogP contribution in [-0.4, -0.2) is 16.4 Å². The Morgan fingerprint density at radius 2 is 2.26 bits per heavy atom. The minimum atomic E-state index is 0.672. The first kappa shape index (κ1) is 12.9. The fourth-order valence-corrected chi connectivity index (χ4v) is 3.08. The predicted molar refractivity (Wildman–Crippen MR) is 85.1 cm³/mol. The van der Waals surface area contributed by atoms with Crippen molar-refractivity contribution in [2.75, 3.05) is 7.05 Å². The second-order valence-corrected chi connectivity index (χ2v) is 6.02. The lowest BCUT2D eigenvalue weighted by atomic mass is 10.3. The van der Waals surface area contributed by atoms with Gasteiger partial charge in [0, 0.05) is 18.1 Å². The molecule has 0 atom stereocenters. The minimum absolute atomic E-state index is 0.672. The number of aromatic nitrogens is 2. The van der Waals surface area contributed by atoms with Crippen molar-refractivity contribution in [3.05, 3.63) is 45.1 Å². The molecule has 0 aliphatic heterocycles. The summed E-state index contributed by atoms with van der Waals surface area (Å²) in [6.45, 7) is 0.719. The van der Waals surface area contributed by atoms with Crippen molar-refractivity contribution >= 4 is 38.9 Å². The summed E-state index contributed by atoms with van der Waals surface area (Å²) in [4.78, 5) is 5.49. The third-order valence-electron chi connectivity index (χ3n) is 2.71. The number of benzene rings is 1. The maximum Gasteiger partial charge on any atom is 0.243 e. The number of imidazole rings is 1. The average molecular weight is 385 g/mol. The summed E-state index contributed by atoms with van der Waals surface area (Å²) in [5.74, 6) is 1.51. The molecule has 98 valence electrons. The molecule has 0 fully saturated rings. The average Bonchev–Trinajstić information content (AvgIpc) is 2.96. The van der Waals surface area contributed by atoms with Gasteiger partial charge in [-0.3, -0.25) is 4.40 Å². The van der Waals surface area contributed by atoms with Gasteiger partial charge in [-0.1, -0.05) is 12.1 Å². The number of nitrogens with one attached hydrogen (secondary N) is 1. The monoisotopic (exact) mass is 385 g/mol. The van der Waals surface area contributed by atoms with Crippen molar-refractivity contribution in [1.29, 1.82) is 0 Å². The van der Waals surface area contributed by atoms with Crippen LogP contribution < -0.4 is 10.1 Å². The van der Waals surface area contributed by atoms with Gasteiger partial charge < -0.3 is 10.1 Å². The molecule has 3 aromatic rings. The van der Waals surface area contributed by atoms with Gasteiger partial charge in [0.25, 0.3) is 0 Å². The van der Waals surface area contributed by atoms with Crippen LogP contribution in [0.1, 0.15) is 5.69 Å². The maximum absolute atomic E-state index is 5.96. The number of hydrogen-bond acceptors (Lipinski definition) is 4. The molecule has 19 heavy (non-hydrogen) atoms. The van der Waals surface area contributed by atoms with E-state index in [0.717, 1.165) is 26.5 Å². The lowest BCUT2D eigenvalue weighted by Crippen LogP contribution is -2.08. The number of hydrogen-bond donors (Lipinski definition) is 1. The first-order chi connectivity index (χ1) is 9.29. The van der Waals surface area contributed by atoms with Crippen LogP contribution in [0.15, 0.2) is 35.8 Å². The van der Waals surface area contributed by atoms with Gasteiger partial charge in [0.1, 0.15) is 11.4 Å². The molecular formula is C13H12IN3OS. The first-order valence-electron chi connectivity index (χ1n) is 5.81. The molecule has 0 saturated heterocycles. The zero-order valence-electron chi connectivity index (χ0n) is 10.3. The smallest absolute Gasteiger partial charge is 0.243 e. The van der Waals surface area contributed by atoms with Crippen LogP contribution in [0.2, 0.25) is 0 Å². The van der Waals surface area contributed by atoms with Crippen molar-refractivity contribution < 1.29 is 4.74 Å². The van der Waals surface area contributed by atoms with Crippen molar-refractivity contribution in [3.63, 3.8) is 0 Å². The lowest BCUT2D eigenvalue weighted by Gasteiger charge is -2.07. The molecule has 1 aromatic carbocycles. The highest BCUT2D eigenvalue weighted by Gasteiger charge is 2.15. The van der Waals surface area contributed by atoms with Crippen LogP contribution >= 0.6 is 33.9 Å². The Labute approximate surface area is 128 Å². The van der Waals surface area contributed by atoms with Crippen LogP contribution in [0.4, 0.5) is 0 Å². The standard InChI is InChI=1S/C13H12IN3OS/c1-15-8-10-12(16-13-17(10)6-7-19-13)18-11-5-3-2-4-9(11)14/h2-7,15H,8H2,1H3. The number of halogens is 1. The zero-order valence-corrected chi connectivity index (χ0v) is 13.2. The van der Waals surface area contributed by atoms with Crippen molar-refractivity contribution in [2.24, 2.45) is 0 Å². The molecule has 0 spiro atoms. The lowest BCUT2D eigenvalue weighted by molar-refractivity contribution is 0.454. The highest BCUT2D eigenvalue weighted by atomic mass is 127. The Balaban J connectivity index is 2.02. The van der Waals surface area contributed by atoms with E-state index in [2.05, 4.69) is 37.3 Å². The summed E-state index contributed by atoms with van der Waals surface area (Å²) in [7, 11) is 1.92. The highest BCUT2D eigenvalue weighted by Crippen LogP contribution is 2.30. The molecule has 0 aliphatic carbocycles. The summed E-state index contributed by atoms with van der Waals surface area (Å²) >= 11 is 3.87. The van der Waals surface area contributed by atoms with Gasteiger partial charge in [-0.05, 0) is 41.8 Å². The molecule has 2 aromatic heterocycles. The van der Waals surface area contributed by atoms with Crippen LogP contribution in [0, 0.1) is 3.57 Å². The Bertz CT molecular complexity index is 707. The van der Waals surface area contributed by atoms with Gasteiger partial charge in [0.2, 0.25) is 5.88 Å². The van der Waals surface area contributed by atoms with E-state index in [1.54, 1.807) is 11.3 Å². The third-order valence-corrected chi connectivity index (χ3v) is 4.36. The van der Waals surface area contributed by atoms with Crippen LogP contribution in [-0.2, 0) is 6.54 Å². The van der Waals surface area contributed by atoms with Crippen LogP contribution in [0.5, 0.6) is 11.6 Å². The molecule has 0 saturated carbocycles. The number of ether oxygens (including phenoxy) is 1. The topological polar surface area (TPSA) is 38.6 Å². The van der Waals surface area contributed by atoms with E-state index in [1.165, 1.54) is 0 Å². The van der Waals surface area contributed by atoms with E-state index in [4.69, 9.17) is 4.74 Å². The molecule has 0 radical (unpaired) electrons. The molecule has 0 amide bonds. The Kier molecular flexibility index (Phi) is 3.72. The predicted octanol–water partition coefficient (Wildman–Crippen LogP) is 3.51. The Hall–Kier alpha value is -1.12. The normalized spacial score (nSPS) is 11.1. The largest absolute Gasteiger partial charge is 0.436 e. The van der Waals surface area contributed by atoms with E-state index in [1.807, 2.05) is 42.9 Å². The Morgan fingerprint density at radius 3 is 3.05 bits per heavy atom. The number of fused-ring (bicyclic) bond motifs is 1. The maximum atomic E-state index is 5.96. The molecule has 3 rings (SSSR count). The summed E-state index contributed by atoms with van der Waals surface area (Å²) in [6, 6.07) is 7.94.